The maximum absolute atomic E-state index is 14.1. The van der Waals surface area contributed by atoms with Crippen LogP contribution in [-0.4, -0.2) is 57.1 Å². The number of ether oxygens (including phenoxy) is 1. The van der Waals surface area contributed by atoms with E-state index in [0.29, 0.717) is 5.75 Å². The van der Waals surface area contributed by atoms with Crippen molar-refractivity contribution in [2.75, 3.05) is 24.2 Å². The molecule has 3 aromatic rings. The van der Waals surface area contributed by atoms with Crippen molar-refractivity contribution in [1.29, 1.82) is 0 Å². The number of halogens is 1. The predicted molar refractivity (Wildman–Crippen MR) is 159 cm³/mol. The van der Waals surface area contributed by atoms with Crippen LogP contribution in [0.4, 0.5) is 5.69 Å². The standard InChI is InChI=1S/C30H36ClN3O5S/c1-5-22(2)32-30(36)27(18-23-12-8-6-9-13-23)33(20-24-14-10-7-11-15-24)29(35)21-34(40(4,37)38)25-16-17-28(39-3)26(31)19-25/h6-17,19,22,27H,5,18,20-21H2,1-4H3,(H,32,36). The molecule has 0 fully saturated rings. The van der Waals surface area contributed by atoms with Gasteiger partial charge in [0.1, 0.15) is 18.3 Å². The van der Waals surface area contributed by atoms with Crippen molar-refractivity contribution >= 4 is 39.1 Å². The second-order valence-corrected chi connectivity index (χ2v) is 11.9. The van der Waals surface area contributed by atoms with E-state index in [-0.39, 0.29) is 35.6 Å². The number of amides is 2. The van der Waals surface area contributed by atoms with E-state index in [4.69, 9.17) is 16.3 Å². The summed E-state index contributed by atoms with van der Waals surface area (Å²) in [7, 11) is -2.44. The van der Waals surface area contributed by atoms with E-state index < -0.39 is 28.5 Å². The first-order valence-electron chi connectivity index (χ1n) is 13.0. The molecule has 3 rings (SSSR count). The van der Waals surface area contributed by atoms with Gasteiger partial charge in [-0.25, -0.2) is 8.42 Å². The van der Waals surface area contributed by atoms with Gasteiger partial charge in [-0.2, -0.15) is 0 Å². The second-order valence-electron chi connectivity index (χ2n) is 9.62. The molecule has 2 amide bonds. The molecule has 0 aliphatic rings. The number of carbonyl (C=O) groups is 2. The SMILES string of the molecule is CCC(C)NC(=O)C(Cc1ccccc1)N(Cc1ccccc1)C(=O)CN(c1ccc(OC)c(Cl)c1)S(C)(=O)=O. The lowest BCUT2D eigenvalue weighted by Gasteiger charge is -2.34. The lowest BCUT2D eigenvalue weighted by molar-refractivity contribution is -0.140. The van der Waals surface area contributed by atoms with Crippen LogP contribution in [0, 0.1) is 0 Å². The molecule has 10 heteroatoms. The van der Waals surface area contributed by atoms with E-state index in [2.05, 4.69) is 5.32 Å². The molecule has 214 valence electrons. The number of hydrogen-bond acceptors (Lipinski definition) is 5. The van der Waals surface area contributed by atoms with Crippen LogP contribution in [0.2, 0.25) is 5.02 Å². The van der Waals surface area contributed by atoms with E-state index in [0.717, 1.165) is 28.1 Å². The van der Waals surface area contributed by atoms with Gasteiger partial charge in [-0.1, -0.05) is 79.2 Å². The van der Waals surface area contributed by atoms with Crippen molar-refractivity contribution in [1.82, 2.24) is 10.2 Å². The molecule has 0 aliphatic heterocycles. The summed E-state index contributed by atoms with van der Waals surface area (Å²) in [6.45, 7) is 3.47. The molecule has 1 N–H and O–H groups in total. The molecule has 0 saturated heterocycles. The number of carbonyl (C=O) groups excluding carboxylic acids is 2. The Labute approximate surface area is 241 Å². The minimum absolute atomic E-state index is 0.103. The Kier molecular flexibility index (Phi) is 11.0. The smallest absolute Gasteiger partial charge is 0.244 e. The highest BCUT2D eigenvalue weighted by molar-refractivity contribution is 7.92. The van der Waals surface area contributed by atoms with Gasteiger partial charge in [0.2, 0.25) is 21.8 Å². The summed E-state index contributed by atoms with van der Waals surface area (Å²) in [6.07, 6.45) is 2.00. The summed E-state index contributed by atoms with van der Waals surface area (Å²) in [5.41, 5.74) is 1.90. The van der Waals surface area contributed by atoms with Gasteiger partial charge >= 0.3 is 0 Å². The summed E-state index contributed by atoms with van der Waals surface area (Å²) in [5.74, 6) is -0.456. The summed E-state index contributed by atoms with van der Waals surface area (Å²) in [5, 5.41) is 3.22. The fourth-order valence-corrected chi connectivity index (χ4v) is 5.29. The molecule has 2 atom stereocenters. The zero-order valence-electron chi connectivity index (χ0n) is 23.2. The van der Waals surface area contributed by atoms with Crippen LogP contribution >= 0.6 is 11.6 Å². The van der Waals surface area contributed by atoms with Gasteiger partial charge < -0.3 is 15.0 Å². The normalized spacial score (nSPS) is 12.7. The average molecular weight is 586 g/mol. The van der Waals surface area contributed by atoms with Gasteiger partial charge in [0.15, 0.2) is 0 Å². The third kappa shape index (κ3) is 8.47. The monoisotopic (exact) mass is 585 g/mol. The molecule has 8 nitrogen and oxygen atoms in total. The van der Waals surface area contributed by atoms with Crippen molar-refractivity contribution in [2.45, 2.75) is 45.3 Å². The topological polar surface area (TPSA) is 96.0 Å². The largest absolute Gasteiger partial charge is 0.495 e. The van der Waals surface area contributed by atoms with E-state index in [9.17, 15) is 18.0 Å². The summed E-state index contributed by atoms with van der Waals surface area (Å²) < 4.78 is 32.0. The van der Waals surface area contributed by atoms with Gasteiger partial charge in [-0.05, 0) is 42.7 Å². The van der Waals surface area contributed by atoms with Crippen LogP contribution in [0.1, 0.15) is 31.4 Å². The van der Waals surface area contributed by atoms with E-state index in [1.165, 1.54) is 24.1 Å². The predicted octanol–water partition coefficient (Wildman–Crippen LogP) is 4.67. The van der Waals surface area contributed by atoms with E-state index in [1.54, 1.807) is 6.07 Å². The Hall–Kier alpha value is -3.56. The second kappa shape index (κ2) is 14.2. The van der Waals surface area contributed by atoms with Crippen molar-refractivity contribution in [3.05, 3.63) is 95.0 Å². The van der Waals surface area contributed by atoms with Gasteiger partial charge in [0.05, 0.1) is 24.1 Å². The fourth-order valence-electron chi connectivity index (χ4n) is 4.20. The number of hydrogen-bond donors (Lipinski definition) is 1. The minimum atomic E-state index is -3.90. The number of methoxy groups -OCH3 is 1. The Morgan fingerprint density at radius 2 is 1.57 bits per heavy atom. The molecule has 2 unspecified atom stereocenters. The molecule has 0 radical (unpaired) electrons. The van der Waals surface area contributed by atoms with Crippen LogP contribution in [0.3, 0.4) is 0 Å². The van der Waals surface area contributed by atoms with Crippen LogP contribution < -0.4 is 14.4 Å². The minimum Gasteiger partial charge on any atom is -0.495 e. The molecular formula is C30H36ClN3O5S. The highest BCUT2D eigenvalue weighted by Crippen LogP contribution is 2.30. The van der Waals surface area contributed by atoms with Crippen molar-refractivity contribution in [3.63, 3.8) is 0 Å². The van der Waals surface area contributed by atoms with Crippen LogP contribution in [-0.2, 0) is 32.6 Å². The average Bonchev–Trinajstić information content (AvgIpc) is 2.93. The number of rotatable bonds is 13. The fraction of sp³-hybridized carbons (Fsp3) is 0.333. The third-order valence-corrected chi connectivity index (χ3v) is 8.01. The number of anilines is 1. The Morgan fingerprint density at radius 1 is 0.975 bits per heavy atom. The van der Waals surface area contributed by atoms with Gasteiger partial charge in [-0.15, -0.1) is 0 Å². The first-order chi connectivity index (χ1) is 19.0. The first-order valence-corrected chi connectivity index (χ1v) is 15.2. The zero-order valence-corrected chi connectivity index (χ0v) is 24.8. The van der Waals surface area contributed by atoms with E-state index in [1.807, 2.05) is 74.5 Å². The van der Waals surface area contributed by atoms with Crippen molar-refractivity contribution in [2.24, 2.45) is 0 Å². The number of nitrogens with zero attached hydrogens (tertiary/aromatic N) is 2. The third-order valence-electron chi connectivity index (χ3n) is 6.57. The molecule has 3 aromatic carbocycles. The van der Waals surface area contributed by atoms with Crippen LogP contribution in [0.5, 0.6) is 5.75 Å². The number of nitrogens with one attached hydrogen (secondary N) is 1. The van der Waals surface area contributed by atoms with Crippen LogP contribution in [0.25, 0.3) is 0 Å². The molecule has 0 heterocycles. The van der Waals surface area contributed by atoms with Gasteiger partial charge in [-0.3, -0.25) is 13.9 Å². The Bertz CT molecular complexity index is 1390. The summed E-state index contributed by atoms with van der Waals surface area (Å²) >= 11 is 6.28. The maximum atomic E-state index is 14.1. The van der Waals surface area contributed by atoms with Crippen molar-refractivity contribution in [3.8, 4) is 5.75 Å². The Morgan fingerprint density at radius 3 is 2.10 bits per heavy atom. The van der Waals surface area contributed by atoms with Gasteiger partial charge in [0.25, 0.3) is 0 Å². The quantitative estimate of drug-likeness (QED) is 0.314. The van der Waals surface area contributed by atoms with E-state index >= 15 is 0 Å². The van der Waals surface area contributed by atoms with Gasteiger partial charge in [0, 0.05) is 19.0 Å². The molecule has 0 spiro atoms. The molecule has 0 saturated carbocycles. The maximum Gasteiger partial charge on any atom is 0.244 e. The molecule has 0 aromatic heterocycles. The molecule has 40 heavy (non-hydrogen) atoms. The van der Waals surface area contributed by atoms with Crippen molar-refractivity contribution < 1.29 is 22.7 Å². The molecule has 0 aliphatic carbocycles. The summed E-state index contributed by atoms with van der Waals surface area (Å²) in [6, 6.07) is 22.3. The number of sulfonamides is 1. The lowest BCUT2D eigenvalue weighted by Crippen LogP contribution is -2.54. The summed E-state index contributed by atoms with van der Waals surface area (Å²) in [4.78, 5) is 29.2. The highest BCUT2D eigenvalue weighted by atomic mass is 35.5. The number of benzene rings is 3. The first kappa shape index (κ1) is 31.0. The zero-order chi connectivity index (χ0) is 29.3. The van der Waals surface area contributed by atoms with Crippen LogP contribution in [0.15, 0.2) is 78.9 Å². The molecule has 0 bridgehead atoms. The highest BCUT2D eigenvalue weighted by Gasteiger charge is 2.33. The Balaban J connectivity index is 2.05. The molecular weight excluding hydrogens is 550 g/mol. The lowest BCUT2D eigenvalue weighted by atomic mass is 10.0.